The molecule has 0 spiro atoms. The Morgan fingerprint density at radius 1 is 0.923 bits per heavy atom. The van der Waals surface area contributed by atoms with Gasteiger partial charge in [-0.2, -0.15) is 0 Å². The van der Waals surface area contributed by atoms with Gasteiger partial charge in [-0.3, -0.25) is 0 Å². The zero-order valence-corrected chi connectivity index (χ0v) is 20.1. The second kappa shape index (κ2) is 8.95. The monoisotopic (exact) mass is 485 g/mol. The van der Waals surface area contributed by atoms with Crippen LogP contribution in [0.2, 0.25) is 0 Å². The number of hydrogen-bond donors (Lipinski definition) is 0. The van der Waals surface area contributed by atoms with Crippen LogP contribution in [-0.2, 0) is 24.6 Å². The van der Waals surface area contributed by atoms with Gasteiger partial charge in [-0.25, -0.2) is 0 Å². The van der Waals surface area contributed by atoms with Gasteiger partial charge in [-0.15, -0.1) is 0 Å². The Morgan fingerprint density at radius 2 is 1.42 bits per heavy atom. The van der Waals surface area contributed by atoms with Crippen molar-refractivity contribution in [2.24, 2.45) is 0 Å². The van der Waals surface area contributed by atoms with Gasteiger partial charge in [-0.05, 0) is 0 Å². The molecule has 3 heteroatoms. The molecule has 0 bridgehead atoms. The third-order valence-corrected chi connectivity index (χ3v) is 16.3. The Hall–Kier alpha value is 0.602. The summed E-state index contributed by atoms with van der Waals surface area (Å²) in [7, 11) is -1.86. The van der Waals surface area contributed by atoms with E-state index >= 15 is 0 Å². The zero-order valence-electron chi connectivity index (χ0n) is 16.8. The molecular weight excluding hydrogens is 449 g/mol. The van der Waals surface area contributed by atoms with Crippen molar-refractivity contribution in [2.75, 3.05) is 0 Å². The summed E-state index contributed by atoms with van der Waals surface area (Å²) in [5.41, 5.74) is 3.39. The second-order valence-corrected chi connectivity index (χ2v) is 17.3. The molecule has 2 aliphatic carbocycles. The molecule has 3 rings (SSSR count). The fourth-order valence-corrected chi connectivity index (χ4v) is 16.1. The third-order valence-electron chi connectivity index (χ3n) is 7.12. The van der Waals surface area contributed by atoms with E-state index in [0.29, 0.717) is 0 Å². The molecule has 0 saturated heterocycles. The van der Waals surface area contributed by atoms with Crippen molar-refractivity contribution in [3.05, 3.63) is 29.8 Å². The van der Waals surface area contributed by atoms with E-state index in [4.69, 9.17) is 11.6 Å². The molecule has 0 aromatic heterocycles. The van der Waals surface area contributed by atoms with E-state index in [9.17, 15) is 0 Å². The van der Waals surface area contributed by atoms with Crippen molar-refractivity contribution in [2.45, 2.75) is 105 Å². The average Bonchev–Trinajstić information content (AvgIpc) is 2.63. The summed E-state index contributed by atoms with van der Waals surface area (Å²) < 4.78 is 0.187. The number of halogens is 1. The number of benzene rings is 1. The Kier molecular flexibility index (Phi) is 7.34. The van der Waals surface area contributed by atoms with Gasteiger partial charge < -0.3 is 0 Å². The van der Waals surface area contributed by atoms with E-state index in [1.54, 1.807) is 5.30 Å². The summed E-state index contributed by atoms with van der Waals surface area (Å²) in [6.45, 7) is 7.02. The molecular formula is C23H37ClPPd. The topological polar surface area (TPSA) is 0 Å². The minimum absolute atomic E-state index is 0.187. The molecule has 0 amide bonds. The Labute approximate surface area is 178 Å². The zero-order chi connectivity index (χ0) is 18.8. The van der Waals surface area contributed by atoms with Crippen LogP contribution in [0.5, 0.6) is 0 Å². The first kappa shape index (κ1) is 21.3. The van der Waals surface area contributed by atoms with Crippen LogP contribution in [0.4, 0.5) is 0 Å². The first-order valence-corrected chi connectivity index (χ1v) is 14.3. The first-order chi connectivity index (χ1) is 12.4. The van der Waals surface area contributed by atoms with Crippen molar-refractivity contribution in [3.63, 3.8) is 0 Å². The van der Waals surface area contributed by atoms with E-state index < -0.39 is 7.26 Å². The van der Waals surface area contributed by atoms with Crippen LogP contribution in [0, 0.1) is 0 Å². The van der Waals surface area contributed by atoms with Crippen LogP contribution >= 0.6 is 18.9 Å². The van der Waals surface area contributed by atoms with E-state index in [1.165, 1.54) is 69.8 Å². The van der Waals surface area contributed by atoms with Gasteiger partial charge in [0, 0.05) is 0 Å². The fraction of sp³-hybridized carbons (Fsp3) is 0.739. The van der Waals surface area contributed by atoms with Gasteiger partial charge in [0.05, 0.1) is 0 Å². The maximum atomic E-state index is 7.16. The molecule has 2 fully saturated rings. The molecule has 0 heterocycles. The van der Waals surface area contributed by atoms with E-state index in [-0.39, 0.29) is 9.01 Å². The SMILES string of the molecule is CC(C)(C)c1cccc([PH]([CH](Cl)[Pd])(C2CCCCC2)C2CCCCC2)c1. The number of rotatable bonds is 4. The summed E-state index contributed by atoms with van der Waals surface area (Å²) in [6.07, 6.45) is 14.1. The predicted octanol–water partition coefficient (Wildman–Crippen LogP) is 7.09. The first-order valence-electron chi connectivity index (χ1n) is 10.7. The van der Waals surface area contributed by atoms with Crippen molar-refractivity contribution in [1.29, 1.82) is 0 Å². The molecule has 0 nitrogen and oxygen atoms in total. The Morgan fingerprint density at radius 3 is 1.85 bits per heavy atom. The van der Waals surface area contributed by atoms with Crippen molar-refractivity contribution in [3.8, 4) is 0 Å². The molecule has 2 aliphatic rings. The molecule has 151 valence electrons. The van der Waals surface area contributed by atoms with Crippen LogP contribution in [0.25, 0.3) is 0 Å². The van der Waals surface area contributed by atoms with E-state index in [0.717, 1.165) is 11.3 Å². The molecule has 1 aromatic rings. The van der Waals surface area contributed by atoms with Gasteiger partial charge in [0.15, 0.2) is 0 Å². The van der Waals surface area contributed by atoms with Gasteiger partial charge in [0.2, 0.25) is 0 Å². The van der Waals surface area contributed by atoms with Gasteiger partial charge in [0.25, 0.3) is 0 Å². The molecule has 1 aromatic carbocycles. The molecule has 0 aliphatic heterocycles. The van der Waals surface area contributed by atoms with Crippen molar-refractivity contribution >= 4 is 24.2 Å². The number of hydrogen-bond acceptors (Lipinski definition) is 0. The van der Waals surface area contributed by atoms with Gasteiger partial charge in [-0.1, -0.05) is 0 Å². The Bertz CT molecular complexity index is 562. The van der Waals surface area contributed by atoms with Gasteiger partial charge >= 0.3 is 179 Å². The molecule has 0 N–H and O–H groups in total. The van der Waals surface area contributed by atoms with E-state index in [1.807, 2.05) is 0 Å². The maximum absolute atomic E-state index is 7.16. The molecule has 1 atom stereocenters. The fourth-order valence-electron chi connectivity index (χ4n) is 5.66. The van der Waals surface area contributed by atoms with E-state index in [2.05, 4.69) is 64.2 Å². The average molecular weight is 486 g/mol. The summed E-state index contributed by atoms with van der Waals surface area (Å²) in [5.74, 6) is 0. The third kappa shape index (κ3) is 4.28. The van der Waals surface area contributed by atoms with Gasteiger partial charge in [0.1, 0.15) is 0 Å². The summed E-state index contributed by atoms with van der Waals surface area (Å²) in [4.78, 5) is 0. The normalized spacial score (nSPS) is 23.0. The van der Waals surface area contributed by atoms with Crippen LogP contribution in [0.15, 0.2) is 24.3 Å². The molecule has 26 heavy (non-hydrogen) atoms. The number of alkyl halides is 1. The molecule has 1 unspecified atom stereocenters. The quantitative estimate of drug-likeness (QED) is 0.242. The van der Waals surface area contributed by atoms with Crippen molar-refractivity contribution < 1.29 is 19.2 Å². The summed E-state index contributed by atoms with van der Waals surface area (Å²) in [6, 6.07) is 9.66. The summed E-state index contributed by atoms with van der Waals surface area (Å²) >= 11 is 10.8. The van der Waals surface area contributed by atoms with Crippen molar-refractivity contribution in [1.82, 2.24) is 0 Å². The van der Waals surface area contributed by atoms with Crippen LogP contribution in [0.3, 0.4) is 0 Å². The predicted molar refractivity (Wildman–Crippen MR) is 116 cm³/mol. The second-order valence-electron chi connectivity index (χ2n) is 9.70. The van der Waals surface area contributed by atoms with Crippen LogP contribution in [0.1, 0.15) is 90.5 Å². The standard InChI is InChI=1S/C23H37ClP.Pd/c1-23(2,3)19-11-10-16-22(17-19)25(18-24,20-12-6-4-7-13-20)21-14-8-5-9-15-21;/h10-11,16-18,20-21,25H,4-9,12-15H2,1-3H3;. The molecule has 2 saturated carbocycles. The summed E-state index contributed by atoms with van der Waals surface area (Å²) in [5, 5.41) is 1.65. The van der Waals surface area contributed by atoms with Crippen LogP contribution < -0.4 is 5.30 Å². The Balaban J connectivity index is 2.12. The van der Waals surface area contributed by atoms with Crippen LogP contribution in [-0.4, -0.2) is 14.9 Å². The molecule has 0 radical (unpaired) electrons. The minimum atomic E-state index is -1.86.